The minimum absolute atomic E-state index is 0.548. The summed E-state index contributed by atoms with van der Waals surface area (Å²) in [6.45, 7) is 2.87. The number of nitrogens with one attached hydrogen (secondary N) is 1. The van der Waals surface area contributed by atoms with Gasteiger partial charge in [0.15, 0.2) is 16.3 Å². The molecule has 6 heteroatoms. The summed E-state index contributed by atoms with van der Waals surface area (Å²) in [5.41, 5.74) is 1.08. The maximum Gasteiger partial charge on any atom is 0.198 e. The van der Waals surface area contributed by atoms with E-state index < -0.39 is 0 Å². The summed E-state index contributed by atoms with van der Waals surface area (Å²) >= 11 is 6.91. The van der Waals surface area contributed by atoms with Crippen LogP contribution in [-0.4, -0.2) is 16.5 Å². The second-order valence-electron chi connectivity index (χ2n) is 4.50. The molecule has 1 aliphatic carbocycles. The highest BCUT2D eigenvalue weighted by molar-refractivity contribution is 9.10. The molecule has 0 atom stereocenters. The van der Waals surface area contributed by atoms with E-state index in [9.17, 15) is 0 Å². The third-order valence-corrected chi connectivity index (χ3v) is 4.19. The van der Waals surface area contributed by atoms with Gasteiger partial charge in [0, 0.05) is 12.5 Å². The Hall–Kier alpha value is -0.880. The first-order valence-corrected chi connectivity index (χ1v) is 7.84. The van der Waals surface area contributed by atoms with Crippen molar-refractivity contribution in [3.63, 3.8) is 0 Å². The molecule has 0 unspecified atom stereocenters. The van der Waals surface area contributed by atoms with Gasteiger partial charge in [0.25, 0.3) is 0 Å². The van der Waals surface area contributed by atoms with E-state index in [1.807, 2.05) is 12.1 Å². The topological polar surface area (TPSA) is 51.0 Å². The Bertz CT molecular complexity index is 608. The Labute approximate surface area is 128 Å². The average Bonchev–Trinajstić information content (AvgIpc) is 3.14. The first-order chi connectivity index (χ1) is 9.19. The average molecular weight is 387 g/mol. The molecular weight excluding hydrogens is 374 g/mol. The van der Waals surface area contributed by atoms with E-state index in [0.717, 1.165) is 22.5 Å². The van der Waals surface area contributed by atoms with Gasteiger partial charge < -0.3 is 9.73 Å². The van der Waals surface area contributed by atoms with Crippen molar-refractivity contribution in [3.05, 3.63) is 27.0 Å². The van der Waals surface area contributed by atoms with E-state index in [1.54, 1.807) is 0 Å². The number of nitrogens with zero attached hydrogens (tertiary/aromatic N) is 2. The minimum atomic E-state index is 0.548. The van der Waals surface area contributed by atoms with Crippen molar-refractivity contribution in [1.29, 1.82) is 0 Å². The van der Waals surface area contributed by atoms with Crippen LogP contribution in [0.25, 0.3) is 11.6 Å². The quantitative estimate of drug-likeness (QED) is 0.835. The largest absolute Gasteiger partial charge is 0.446 e. The fraction of sp³-hybridized carbons (Fsp3) is 0.385. The Kier molecular flexibility index (Phi) is 3.62. The van der Waals surface area contributed by atoms with E-state index in [4.69, 9.17) is 4.42 Å². The number of halogens is 2. The van der Waals surface area contributed by atoms with E-state index in [2.05, 4.69) is 54.1 Å². The highest BCUT2D eigenvalue weighted by Crippen LogP contribution is 2.44. The minimum Gasteiger partial charge on any atom is -0.446 e. The van der Waals surface area contributed by atoms with Crippen LogP contribution in [0.2, 0.25) is 0 Å². The summed E-state index contributed by atoms with van der Waals surface area (Å²) in [7, 11) is 0. The number of aromatic nitrogens is 2. The second-order valence-corrected chi connectivity index (χ2v) is 6.08. The van der Waals surface area contributed by atoms with Crippen molar-refractivity contribution >= 4 is 37.7 Å². The van der Waals surface area contributed by atoms with E-state index in [0.29, 0.717) is 22.2 Å². The standard InChI is InChI=1S/C13H13Br2N3O/c1-2-16-13-10(15)11(7-3-4-7)17-12(18-13)8-5-6-9(14)19-8/h5-7H,2-4H2,1H3,(H,16,17,18). The monoisotopic (exact) mass is 385 g/mol. The first kappa shape index (κ1) is 13.1. The summed E-state index contributed by atoms with van der Waals surface area (Å²) in [4.78, 5) is 9.18. The van der Waals surface area contributed by atoms with Crippen LogP contribution in [0.4, 0.5) is 5.82 Å². The van der Waals surface area contributed by atoms with Crippen LogP contribution in [0.3, 0.4) is 0 Å². The molecule has 4 nitrogen and oxygen atoms in total. The Morgan fingerprint density at radius 2 is 2.11 bits per heavy atom. The van der Waals surface area contributed by atoms with Gasteiger partial charge in [0.2, 0.25) is 0 Å². The van der Waals surface area contributed by atoms with Gasteiger partial charge in [-0.05, 0) is 63.8 Å². The van der Waals surface area contributed by atoms with E-state index in [1.165, 1.54) is 12.8 Å². The fourth-order valence-electron chi connectivity index (χ4n) is 1.92. The van der Waals surface area contributed by atoms with Gasteiger partial charge in [0.1, 0.15) is 5.82 Å². The van der Waals surface area contributed by atoms with Crippen LogP contribution in [-0.2, 0) is 0 Å². The maximum atomic E-state index is 5.55. The van der Waals surface area contributed by atoms with Crippen LogP contribution in [0, 0.1) is 0 Å². The molecule has 19 heavy (non-hydrogen) atoms. The van der Waals surface area contributed by atoms with Gasteiger partial charge in [0.05, 0.1) is 10.2 Å². The lowest BCUT2D eigenvalue weighted by Crippen LogP contribution is -2.05. The van der Waals surface area contributed by atoms with Crippen molar-refractivity contribution in [2.75, 3.05) is 11.9 Å². The molecule has 1 N–H and O–H groups in total. The van der Waals surface area contributed by atoms with Crippen molar-refractivity contribution in [2.45, 2.75) is 25.7 Å². The molecule has 0 radical (unpaired) electrons. The molecule has 1 saturated carbocycles. The van der Waals surface area contributed by atoms with Crippen molar-refractivity contribution in [2.24, 2.45) is 0 Å². The van der Waals surface area contributed by atoms with E-state index in [-0.39, 0.29) is 0 Å². The highest BCUT2D eigenvalue weighted by atomic mass is 79.9. The van der Waals surface area contributed by atoms with Crippen LogP contribution in [0.1, 0.15) is 31.4 Å². The SMILES string of the molecule is CCNc1nc(-c2ccc(Br)o2)nc(C2CC2)c1Br. The zero-order chi connectivity index (χ0) is 13.4. The third-order valence-electron chi connectivity index (χ3n) is 2.98. The molecule has 0 aromatic carbocycles. The molecule has 0 aliphatic heterocycles. The fourth-order valence-corrected chi connectivity index (χ4v) is 2.87. The molecule has 0 spiro atoms. The van der Waals surface area contributed by atoms with Gasteiger partial charge in [-0.25, -0.2) is 9.97 Å². The summed E-state index contributed by atoms with van der Waals surface area (Å²) in [6, 6.07) is 3.73. The van der Waals surface area contributed by atoms with Crippen LogP contribution >= 0.6 is 31.9 Å². The van der Waals surface area contributed by atoms with Gasteiger partial charge in [-0.15, -0.1) is 0 Å². The number of hydrogen-bond donors (Lipinski definition) is 1. The maximum absolute atomic E-state index is 5.55. The van der Waals surface area contributed by atoms with Gasteiger partial charge in [-0.2, -0.15) is 0 Å². The smallest absolute Gasteiger partial charge is 0.198 e. The van der Waals surface area contributed by atoms with Crippen molar-refractivity contribution < 1.29 is 4.42 Å². The lowest BCUT2D eigenvalue weighted by Gasteiger charge is -2.10. The zero-order valence-electron chi connectivity index (χ0n) is 10.4. The first-order valence-electron chi connectivity index (χ1n) is 6.26. The molecule has 2 aromatic heterocycles. The predicted octanol–water partition coefficient (Wildman–Crippen LogP) is 4.57. The summed E-state index contributed by atoms with van der Waals surface area (Å²) in [5.74, 6) is 2.70. The number of furan rings is 1. The van der Waals surface area contributed by atoms with Crippen LogP contribution < -0.4 is 5.32 Å². The number of anilines is 1. The molecule has 2 aromatic rings. The Balaban J connectivity index is 2.08. The molecular formula is C13H13Br2N3O. The molecule has 100 valence electrons. The van der Waals surface area contributed by atoms with Crippen LogP contribution in [0.15, 0.2) is 25.7 Å². The lowest BCUT2D eigenvalue weighted by atomic mass is 10.2. The molecule has 1 aliphatic rings. The molecule has 0 saturated heterocycles. The Morgan fingerprint density at radius 1 is 1.32 bits per heavy atom. The third kappa shape index (κ3) is 2.69. The lowest BCUT2D eigenvalue weighted by molar-refractivity contribution is 0.551. The number of hydrogen-bond acceptors (Lipinski definition) is 4. The highest BCUT2D eigenvalue weighted by Gasteiger charge is 2.30. The van der Waals surface area contributed by atoms with E-state index >= 15 is 0 Å². The summed E-state index contributed by atoms with van der Waals surface area (Å²) in [6.07, 6.45) is 2.39. The second kappa shape index (κ2) is 5.25. The predicted molar refractivity (Wildman–Crippen MR) is 81.3 cm³/mol. The molecule has 0 bridgehead atoms. The molecule has 3 rings (SSSR count). The Morgan fingerprint density at radius 3 is 2.68 bits per heavy atom. The van der Waals surface area contributed by atoms with Gasteiger partial charge in [-0.3, -0.25) is 0 Å². The molecule has 0 amide bonds. The van der Waals surface area contributed by atoms with Gasteiger partial charge in [-0.1, -0.05) is 0 Å². The van der Waals surface area contributed by atoms with Crippen molar-refractivity contribution in [3.8, 4) is 11.6 Å². The van der Waals surface area contributed by atoms with Crippen molar-refractivity contribution in [1.82, 2.24) is 9.97 Å². The normalized spacial score (nSPS) is 14.7. The molecule has 1 fully saturated rings. The molecule has 2 heterocycles. The van der Waals surface area contributed by atoms with Crippen LogP contribution in [0.5, 0.6) is 0 Å². The van der Waals surface area contributed by atoms with Gasteiger partial charge >= 0.3 is 0 Å². The zero-order valence-corrected chi connectivity index (χ0v) is 13.6. The summed E-state index contributed by atoms with van der Waals surface area (Å²) < 4.78 is 7.21. The number of rotatable bonds is 4. The summed E-state index contributed by atoms with van der Waals surface area (Å²) in [5, 5.41) is 3.26.